The maximum atomic E-state index is 13.1. The summed E-state index contributed by atoms with van der Waals surface area (Å²) in [4.78, 5) is 36.4. The van der Waals surface area contributed by atoms with Crippen molar-refractivity contribution in [2.24, 2.45) is 0 Å². The van der Waals surface area contributed by atoms with E-state index in [1.807, 2.05) is 18.2 Å². The fourth-order valence-corrected chi connectivity index (χ4v) is 5.13. The monoisotopic (exact) mass is 532 g/mol. The van der Waals surface area contributed by atoms with Crippen molar-refractivity contribution in [1.29, 1.82) is 0 Å². The Hall–Kier alpha value is -3.93. The van der Waals surface area contributed by atoms with Gasteiger partial charge in [-0.25, -0.2) is 0 Å². The van der Waals surface area contributed by atoms with E-state index < -0.39 is 5.91 Å². The van der Waals surface area contributed by atoms with Crippen LogP contribution in [0.5, 0.6) is 5.75 Å². The Balaban J connectivity index is 1.09. The Kier molecular flexibility index (Phi) is 7.44. The predicted octanol–water partition coefficient (Wildman–Crippen LogP) is 2.21. The van der Waals surface area contributed by atoms with Gasteiger partial charge in [0.1, 0.15) is 12.4 Å². The van der Waals surface area contributed by atoms with Crippen LogP contribution in [0.3, 0.4) is 0 Å². The number of rotatable bonds is 8. The number of carbonyl (C=O) groups is 2. The molecule has 2 fully saturated rings. The number of furan rings is 1. The summed E-state index contributed by atoms with van der Waals surface area (Å²) in [5.74, 6) is 0.610. The number of aromatic nitrogens is 1. The first-order valence-electron chi connectivity index (χ1n) is 13.3. The molecular weight excluding hydrogens is 500 g/mol. The highest BCUT2D eigenvalue weighted by Crippen LogP contribution is 2.32. The Labute approximate surface area is 226 Å². The van der Waals surface area contributed by atoms with Crippen LogP contribution < -0.4 is 25.2 Å². The van der Waals surface area contributed by atoms with Crippen LogP contribution in [0.1, 0.15) is 26.5 Å². The minimum atomic E-state index is -0.397. The third-order valence-corrected chi connectivity index (χ3v) is 7.25. The first-order chi connectivity index (χ1) is 19.2. The fourth-order valence-electron chi connectivity index (χ4n) is 5.13. The molecule has 0 bridgehead atoms. The molecular formula is C28H32N6O5. The van der Waals surface area contributed by atoms with E-state index in [0.29, 0.717) is 30.3 Å². The lowest BCUT2D eigenvalue weighted by Crippen LogP contribution is -2.43. The maximum absolute atomic E-state index is 13.1. The second-order valence-corrected chi connectivity index (χ2v) is 9.73. The number of nitrogens with zero attached hydrogens (tertiary/aromatic N) is 4. The molecule has 1 aromatic carbocycles. The van der Waals surface area contributed by atoms with Gasteiger partial charge in [-0.3, -0.25) is 24.4 Å². The zero-order valence-corrected chi connectivity index (χ0v) is 21.7. The van der Waals surface area contributed by atoms with Gasteiger partial charge in [-0.1, -0.05) is 0 Å². The quantitative estimate of drug-likeness (QED) is 0.451. The molecule has 2 N–H and O–H groups in total. The number of hydrogen-bond donors (Lipinski definition) is 2. The molecule has 3 aliphatic heterocycles. The summed E-state index contributed by atoms with van der Waals surface area (Å²) < 4.78 is 17.2. The maximum Gasteiger partial charge on any atom is 0.291 e. The van der Waals surface area contributed by atoms with Crippen LogP contribution in [0.25, 0.3) is 0 Å². The summed E-state index contributed by atoms with van der Waals surface area (Å²) in [6.07, 6.45) is 3.36. The minimum Gasteiger partial charge on any atom is -0.492 e. The lowest BCUT2D eigenvalue weighted by molar-refractivity contribution is 0.0322. The van der Waals surface area contributed by atoms with Crippen LogP contribution in [0, 0.1) is 0 Å². The predicted molar refractivity (Wildman–Crippen MR) is 146 cm³/mol. The van der Waals surface area contributed by atoms with Gasteiger partial charge < -0.3 is 29.4 Å². The van der Waals surface area contributed by atoms with Gasteiger partial charge in [-0.15, -0.1) is 0 Å². The SMILES string of the molecule is O=C(Nc1cnccc1N1CCNCC1)c1ccc(N2Cc3cc(OCCN4CCOCC4)ccc3C2=O)o1. The Bertz CT molecular complexity index is 1330. The summed E-state index contributed by atoms with van der Waals surface area (Å²) in [6, 6.07) is 10.7. The molecule has 204 valence electrons. The average molecular weight is 533 g/mol. The molecule has 0 saturated carbocycles. The number of anilines is 3. The zero-order chi connectivity index (χ0) is 26.6. The van der Waals surface area contributed by atoms with Gasteiger partial charge >= 0.3 is 0 Å². The highest BCUT2D eigenvalue weighted by Gasteiger charge is 2.31. The second-order valence-electron chi connectivity index (χ2n) is 9.73. The molecule has 11 heteroatoms. The van der Waals surface area contributed by atoms with Gasteiger partial charge in [0, 0.05) is 63.6 Å². The molecule has 3 aliphatic rings. The standard InChI is InChI=1S/C28H32N6O5/c35-27(31-23-18-30-6-5-24(23)33-9-7-29-8-10-33)25-3-4-26(39-25)34-19-20-17-21(1-2-22(20)28(34)36)38-16-13-32-11-14-37-15-12-32/h1-6,17-18,29H,7-16,19H2,(H,31,35). The molecule has 0 unspecified atom stereocenters. The van der Waals surface area contributed by atoms with Gasteiger partial charge in [-0.05, 0) is 35.9 Å². The molecule has 5 heterocycles. The van der Waals surface area contributed by atoms with Gasteiger partial charge in [-0.2, -0.15) is 0 Å². The Morgan fingerprint density at radius 3 is 2.77 bits per heavy atom. The third-order valence-electron chi connectivity index (χ3n) is 7.25. The summed E-state index contributed by atoms with van der Waals surface area (Å²) in [5, 5.41) is 6.25. The van der Waals surface area contributed by atoms with E-state index in [9.17, 15) is 9.59 Å². The molecule has 0 radical (unpaired) electrons. The number of ether oxygens (including phenoxy) is 2. The summed E-state index contributed by atoms with van der Waals surface area (Å²) in [7, 11) is 0. The molecule has 11 nitrogen and oxygen atoms in total. The molecule has 0 aliphatic carbocycles. The zero-order valence-electron chi connectivity index (χ0n) is 21.7. The molecule has 3 aromatic rings. The van der Waals surface area contributed by atoms with Crippen molar-refractivity contribution in [3.8, 4) is 5.75 Å². The van der Waals surface area contributed by atoms with E-state index in [-0.39, 0.29) is 11.7 Å². The number of amides is 2. The molecule has 0 atom stereocenters. The number of piperazine rings is 1. The topological polar surface area (TPSA) is 112 Å². The number of benzene rings is 1. The molecule has 2 amide bonds. The van der Waals surface area contributed by atoms with Crippen molar-refractivity contribution in [1.82, 2.24) is 15.2 Å². The van der Waals surface area contributed by atoms with E-state index >= 15 is 0 Å². The molecule has 6 rings (SSSR count). The number of carbonyl (C=O) groups excluding carboxylic acids is 2. The summed E-state index contributed by atoms with van der Waals surface area (Å²) >= 11 is 0. The van der Waals surface area contributed by atoms with Gasteiger partial charge in [0.15, 0.2) is 5.76 Å². The first-order valence-corrected chi connectivity index (χ1v) is 13.3. The number of fused-ring (bicyclic) bond motifs is 1. The van der Waals surface area contributed by atoms with Gasteiger partial charge in [0.2, 0.25) is 5.88 Å². The number of nitrogens with one attached hydrogen (secondary N) is 2. The highest BCUT2D eigenvalue weighted by molar-refractivity contribution is 6.10. The van der Waals surface area contributed by atoms with Crippen LogP contribution in [0.4, 0.5) is 17.3 Å². The minimum absolute atomic E-state index is 0.121. The van der Waals surface area contributed by atoms with Crippen LogP contribution in [-0.2, 0) is 11.3 Å². The molecule has 39 heavy (non-hydrogen) atoms. The van der Waals surface area contributed by atoms with E-state index in [2.05, 4.69) is 25.4 Å². The van der Waals surface area contributed by atoms with Gasteiger partial charge in [0.25, 0.3) is 11.8 Å². The van der Waals surface area contributed by atoms with E-state index in [4.69, 9.17) is 13.9 Å². The van der Waals surface area contributed by atoms with Crippen molar-refractivity contribution in [2.75, 3.05) is 80.8 Å². The van der Waals surface area contributed by atoms with E-state index in [1.54, 1.807) is 30.6 Å². The van der Waals surface area contributed by atoms with Crippen molar-refractivity contribution in [3.05, 3.63) is 65.7 Å². The van der Waals surface area contributed by atoms with Crippen molar-refractivity contribution >= 4 is 29.1 Å². The van der Waals surface area contributed by atoms with Crippen molar-refractivity contribution < 1.29 is 23.5 Å². The molecule has 2 aromatic heterocycles. The fraction of sp³-hybridized carbons (Fsp3) is 0.393. The van der Waals surface area contributed by atoms with Crippen molar-refractivity contribution in [2.45, 2.75) is 6.54 Å². The average Bonchev–Trinajstić information content (AvgIpc) is 3.59. The van der Waals surface area contributed by atoms with E-state index in [1.165, 1.54) is 4.90 Å². The van der Waals surface area contributed by atoms with Crippen LogP contribution >= 0.6 is 0 Å². The van der Waals surface area contributed by atoms with Gasteiger partial charge in [0.05, 0.1) is 37.3 Å². The van der Waals surface area contributed by atoms with Crippen LogP contribution in [0.2, 0.25) is 0 Å². The lowest BCUT2D eigenvalue weighted by Gasteiger charge is -2.30. The smallest absolute Gasteiger partial charge is 0.291 e. The largest absolute Gasteiger partial charge is 0.492 e. The lowest BCUT2D eigenvalue weighted by atomic mass is 10.1. The summed E-state index contributed by atoms with van der Waals surface area (Å²) in [5.41, 5.74) is 3.00. The Morgan fingerprint density at radius 2 is 1.92 bits per heavy atom. The normalized spacial score (nSPS) is 17.8. The third kappa shape index (κ3) is 5.60. The second kappa shape index (κ2) is 11.4. The summed E-state index contributed by atoms with van der Waals surface area (Å²) in [6.45, 7) is 8.54. The molecule has 0 spiro atoms. The van der Waals surface area contributed by atoms with Crippen molar-refractivity contribution in [3.63, 3.8) is 0 Å². The first kappa shape index (κ1) is 25.4. The van der Waals surface area contributed by atoms with E-state index in [0.717, 1.165) is 76.0 Å². The number of hydrogen-bond acceptors (Lipinski definition) is 9. The highest BCUT2D eigenvalue weighted by atomic mass is 16.5. The number of pyridine rings is 1. The van der Waals surface area contributed by atoms with Crippen LogP contribution in [0.15, 0.2) is 53.2 Å². The Morgan fingerprint density at radius 1 is 1.08 bits per heavy atom. The molecule has 2 saturated heterocycles. The van der Waals surface area contributed by atoms with Crippen LogP contribution in [-0.4, -0.2) is 87.3 Å². The number of morpholine rings is 1.